The molecule has 0 aliphatic carbocycles. The molecule has 1 atom stereocenters. The third kappa shape index (κ3) is 4.15. The van der Waals surface area contributed by atoms with Gasteiger partial charge in [0.2, 0.25) is 0 Å². The van der Waals surface area contributed by atoms with Gasteiger partial charge in [0.1, 0.15) is 4.21 Å². The molecule has 0 bridgehead atoms. The molecule has 0 fully saturated rings. The van der Waals surface area contributed by atoms with Gasteiger partial charge in [-0.25, -0.2) is 13.1 Å². The highest BCUT2D eigenvalue weighted by Gasteiger charge is 2.26. The van der Waals surface area contributed by atoms with Gasteiger partial charge in [0.05, 0.1) is 4.92 Å². The van der Waals surface area contributed by atoms with Gasteiger partial charge in [-0.05, 0) is 19.3 Å². The molecule has 1 aromatic rings. The van der Waals surface area contributed by atoms with Crippen LogP contribution in [0, 0.1) is 16.0 Å². The molecular formula is C10H17N3O4S2. The molecule has 0 amide bonds. The number of thiophene rings is 1. The van der Waals surface area contributed by atoms with Gasteiger partial charge in [0.25, 0.3) is 10.0 Å². The molecule has 7 nitrogen and oxygen atoms in total. The molecule has 0 radical (unpaired) electrons. The third-order valence-electron chi connectivity index (χ3n) is 2.36. The van der Waals surface area contributed by atoms with Gasteiger partial charge < -0.3 is 5.73 Å². The number of nitrogens with one attached hydrogen (secondary N) is 1. The van der Waals surface area contributed by atoms with Crippen LogP contribution in [0.5, 0.6) is 0 Å². The summed E-state index contributed by atoms with van der Waals surface area (Å²) in [7, 11) is -3.76. The molecule has 3 N–H and O–H groups in total. The number of nitrogen functional groups attached to an aromatic ring is 1. The smallest absolute Gasteiger partial charge is 0.304 e. The van der Waals surface area contributed by atoms with Crippen molar-refractivity contribution in [2.75, 3.05) is 5.73 Å². The highest BCUT2D eigenvalue weighted by Crippen LogP contribution is 2.34. The number of anilines is 1. The lowest BCUT2D eigenvalue weighted by atomic mass is 10.1. The Bertz CT molecular complexity index is 565. The summed E-state index contributed by atoms with van der Waals surface area (Å²) in [5.41, 5.74) is 5.06. The zero-order valence-corrected chi connectivity index (χ0v) is 12.5. The normalized spacial score (nSPS) is 13.7. The first kappa shape index (κ1) is 15.9. The molecule has 0 saturated carbocycles. The second kappa shape index (κ2) is 5.85. The number of hydrogen-bond donors (Lipinski definition) is 2. The maximum absolute atomic E-state index is 12.0. The summed E-state index contributed by atoms with van der Waals surface area (Å²) < 4.78 is 26.4. The van der Waals surface area contributed by atoms with Crippen LogP contribution in [-0.4, -0.2) is 19.4 Å². The molecule has 1 heterocycles. The Morgan fingerprint density at radius 2 is 2.05 bits per heavy atom. The first-order valence-electron chi connectivity index (χ1n) is 5.69. The van der Waals surface area contributed by atoms with E-state index in [2.05, 4.69) is 4.72 Å². The van der Waals surface area contributed by atoms with Gasteiger partial charge in [-0.1, -0.05) is 25.2 Å². The second-order valence-corrected chi connectivity index (χ2v) is 7.75. The maximum Gasteiger partial charge on any atom is 0.304 e. The zero-order valence-electron chi connectivity index (χ0n) is 10.9. The van der Waals surface area contributed by atoms with Crippen molar-refractivity contribution < 1.29 is 13.3 Å². The van der Waals surface area contributed by atoms with Crippen LogP contribution in [0.2, 0.25) is 0 Å². The zero-order chi connectivity index (χ0) is 14.8. The summed E-state index contributed by atoms with van der Waals surface area (Å²) >= 11 is 0.696. The van der Waals surface area contributed by atoms with Crippen molar-refractivity contribution in [3.8, 4) is 0 Å². The van der Waals surface area contributed by atoms with Crippen molar-refractivity contribution in [3.05, 3.63) is 16.2 Å². The van der Waals surface area contributed by atoms with Gasteiger partial charge in [0.15, 0.2) is 5.00 Å². The van der Waals surface area contributed by atoms with E-state index < -0.39 is 14.9 Å². The molecule has 0 aliphatic heterocycles. The van der Waals surface area contributed by atoms with Crippen molar-refractivity contribution in [1.29, 1.82) is 0 Å². The molecule has 108 valence electrons. The molecule has 0 saturated heterocycles. The Kier molecular flexibility index (Phi) is 4.88. The Hall–Kier alpha value is -1.19. The summed E-state index contributed by atoms with van der Waals surface area (Å²) in [5, 5.41) is 10.5. The fraction of sp³-hybridized carbons (Fsp3) is 0.600. The summed E-state index contributed by atoms with van der Waals surface area (Å²) in [5.74, 6) is 0.348. The Labute approximate surface area is 116 Å². The van der Waals surface area contributed by atoms with E-state index in [1.807, 2.05) is 13.8 Å². The Morgan fingerprint density at radius 3 is 2.47 bits per heavy atom. The SMILES string of the molecule is CC(C)CC(C)NS(=O)(=O)c1cc([N+](=O)[O-])c(N)s1. The summed E-state index contributed by atoms with van der Waals surface area (Å²) in [6.45, 7) is 5.72. The fourth-order valence-electron chi connectivity index (χ4n) is 1.73. The highest BCUT2D eigenvalue weighted by molar-refractivity contribution is 7.91. The molecule has 9 heteroatoms. The van der Waals surface area contributed by atoms with E-state index in [0.29, 0.717) is 23.7 Å². The number of nitrogens with zero attached hydrogens (tertiary/aromatic N) is 1. The first-order chi connectivity index (χ1) is 8.63. The quantitative estimate of drug-likeness (QED) is 0.615. The van der Waals surface area contributed by atoms with E-state index in [0.717, 1.165) is 6.07 Å². The Balaban J connectivity index is 2.95. The van der Waals surface area contributed by atoms with Crippen molar-refractivity contribution in [2.45, 2.75) is 37.4 Å². The van der Waals surface area contributed by atoms with Gasteiger partial charge in [0, 0.05) is 12.1 Å². The minimum absolute atomic E-state index is 0.109. The molecule has 1 unspecified atom stereocenters. The van der Waals surface area contributed by atoms with E-state index in [1.165, 1.54) is 0 Å². The summed E-state index contributed by atoms with van der Waals surface area (Å²) in [6.07, 6.45) is 0.683. The fourth-order valence-corrected chi connectivity index (χ4v) is 4.21. The Morgan fingerprint density at radius 1 is 1.47 bits per heavy atom. The molecular weight excluding hydrogens is 290 g/mol. The van der Waals surface area contributed by atoms with Crippen LogP contribution < -0.4 is 10.5 Å². The van der Waals surface area contributed by atoms with Crippen LogP contribution >= 0.6 is 11.3 Å². The average Bonchev–Trinajstić information content (AvgIpc) is 2.58. The molecule has 19 heavy (non-hydrogen) atoms. The van der Waals surface area contributed by atoms with E-state index >= 15 is 0 Å². The van der Waals surface area contributed by atoms with Crippen molar-refractivity contribution in [3.63, 3.8) is 0 Å². The predicted molar refractivity (Wildman–Crippen MR) is 74.6 cm³/mol. The van der Waals surface area contributed by atoms with E-state index in [9.17, 15) is 18.5 Å². The number of nitro groups is 1. The van der Waals surface area contributed by atoms with Gasteiger partial charge in [-0.2, -0.15) is 0 Å². The summed E-state index contributed by atoms with van der Waals surface area (Å²) in [6, 6.07) is 0.747. The van der Waals surface area contributed by atoms with E-state index in [4.69, 9.17) is 5.73 Å². The van der Waals surface area contributed by atoms with Gasteiger partial charge in [-0.15, -0.1) is 0 Å². The molecule has 1 rings (SSSR count). The number of nitrogens with two attached hydrogens (primary N) is 1. The van der Waals surface area contributed by atoms with Crippen LogP contribution in [0.25, 0.3) is 0 Å². The number of hydrogen-bond acceptors (Lipinski definition) is 6. The summed E-state index contributed by atoms with van der Waals surface area (Å²) in [4.78, 5) is 9.95. The van der Waals surface area contributed by atoms with Crippen LogP contribution in [-0.2, 0) is 10.0 Å². The van der Waals surface area contributed by atoms with Crippen molar-refractivity contribution in [1.82, 2.24) is 4.72 Å². The van der Waals surface area contributed by atoms with Crippen molar-refractivity contribution in [2.24, 2.45) is 5.92 Å². The van der Waals surface area contributed by atoms with Gasteiger partial charge in [-0.3, -0.25) is 10.1 Å². The first-order valence-corrected chi connectivity index (χ1v) is 7.99. The topological polar surface area (TPSA) is 115 Å². The lowest BCUT2D eigenvalue weighted by Gasteiger charge is -2.15. The molecule has 0 spiro atoms. The van der Waals surface area contributed by atoms with Crippen LogP contribution in [0.1, 0.15) is 27.2 Å². The minimum Gasteiger partial charge on any atom is -0.385 e. The minimum atomic E-state index is -3.76. The number of sulfonamides is 1. The second-order valence-electron chi connectivity index (χ2n) is 4.72. The van der Waals surface area contributed by atoms with Crippen LogP contribution in [0.15, 0.2) is 10.3 Å². The standard InChI is InChI=1S/C10H17N3O4S2/c1-6(2)4-7(3)12-19(16,17)9-5-8(13(14)15)10(11)18-9/h5-7,12H,4,11H2,1-3H3. The lowest BCUT2D eigenvalue weighted by Crippen LogP contribution is -2.33. The largest absolute Gasteiger partial charge is 0.385 e. The molecule has 1 aromatic heterocycles. The monoisotopic (exact) mass is 307 g/mol. The van der Waals surface area contributed by atoms with E-state index in [1.54, 1.807) is 6.92 Å². The molecule has 0 aliphatic rings. The highest BCUT2D eigenvalue weighted by atomic mass is 32.2. The predicted octanol–water partition coefficient (Wildman–Crippen LogP) is 1.95. The van der Waals surface area contributed by atoms with E-state index in [-0.39, 0.29) is 20.9 Å². The lowest BCUT2D eigenvalue weighted by molar-refractivity contribution is -0.383. The number of rotatable bonds is 6. The van der Waals surface area contributed by atoms with Gasteiger partial charge >= 0.3 is 5.69 Å². The van der Waals surface area contributed by atoms with Crippen molar-refractivity contribution >= 4 is 32.0 Å². The van der Waals surface area contributed by atoms with Crippen LogP contribution in [0.4, 0.5) is 10.7 Å². The maximum atomic E-state index is 12.0. The third-order valence-corrected chi connectivity index (χ3v) is 5.38. The van der Waals surface area contributed by atoms with Crippen LogP contribution in [0.3, 0.4) is 0 Å². The molecule has 0 aromatic carbocycles. The average molecular weight is 307 g/mol.